The zero-order chi connectivity index (χ0) is 13.4. The van der Waals surface area contributed by atoms with Crippen molar-refractivity contribution in [1.29, 1.82) is 0 Å². The monoisotopic (exact) mass is 270 g/mol. The van der Waals surface area contributed by atoms with Crippen molar-refractivity contribution in [3.8, 4) is 0 Å². The van der Waals surface area contributed by atoms with E-state index in [0.717, 1.165) is 29.6 Å². The standard InChI is InChI=1S/C14H14N4O2/c1-2-11-10(7-16-13(11)15-4-1)6-12-17-14(20-18-12)9-3-5-19-8-9/h1-2,4,7,9H,3,5-6,8H2,(H,15,16)/t9-/m0/s1. The van der Waals surface area contributed by atoms with Gasteiger partial charge in [0.15, 0.2) is 5.82 Å². The summed E-state index contributed by atoms with van der Waals surface area (Å²) in [5.41, 5.74) is 2.01. The SMILES string of the molecule is c1cnc2[nH]cc(Cc3noc([C@H]4CCOC4)n3)c2c1. The molecule has 0 spiro atoms. The molecule has 0 radical (unpaired) electrons. The number of hydrogen-bond donors (Lipinski definition) is 1. The number of rotatable bonds is 3. The maximum absolute atomic E-state index is 5.34. The lowest BCUT2D eigenvalue weighted by Crippen LogP contribution is -1.98. The average Bonchev–Trinajstić information content (AvgIpc) is 3.19. The fraction of sp³-hybridized carbons (Fsp3) is 0.357. The molecule has 1 N–H and O–H groups in total. The van der Waals surface area contributed by atoms with E-state index in [2.05, 4.69) is 20.1 Å². The lowest BCUT2D eigenvalue weighted by molar-refractivity contribution is 0.189. The Bertz CT molecular complexity index is 727. The molecule has 6 nitrogen and oxygen atoms in total. The Balaban J connectivity index is 1.59. The van der Waals surface area contributed by atoms with Crippen LogP contribution < -0.4 is 0 Å². The van der Waals surface area contributed by atoms with Gasteiger partial charge in [-0.3, -0.25) is 0 Å². The molecule has 1 saturated heterocycles. The average molecular weight is 270 g/mol. The van der Waals surface area contributed by atoms with E-state index >= 15 is 0 Å². The number of ether oxygens (including phenoxy) is 1. The van der Waals surface area contributed by atoms with Crippen LogP contribution in [-0.4, -0.2) is 33.3 Å². The van der Waals surface area contributed by atoms with E-state index in [-0.39, 0.29) is 5.92 Å². The number of nitrogens with one attached hydrogen (secondary N) is 1. The largest absolute Gasteiger partial charge is 0.381 e. The quantitative estimate of drug-likeness (QED) is 0.788. The van der Waals surface area contributed by atoms with E-state index in [0.29, 0.717) is 24.7 Å². The predicted octanol–water partition coefficient (Wildman–Crippen LogP) is 2.04. The van der Waals surface area contributed by atoms with Crippen LogP contribution in [0.25, 0.3) is 11.0 Å². The molecule has 0 saturated carbocycles. The van der Waals surface area contributed by atoms with Crippen LogP contribution in [0.1, 0.15) is 29.6 Å². The van der Waals surface area contributed by atoms with Gasteiger partial charge in [-0.25, -0.2) is 4.98 Å². The third-order valence-corrected chi connectivity index (χ3v) is 3.65. The minimum absolute atomic E-state index is 0.251. The van der Waals surface area contributed by atoms with Crippen LogP contribution in [0.5, 0.6) is 0 Å². The summed E-state index contributed by atoms with van der Waals surface area (Å²) >= 11 is 0. The summed E-state index contributed by atoms with van der Waals surface area (Å²) in [7, 11) is 0. The number of aromatic nitrogens is 4. The van der Waals surface area contributed by atoms with Crippen molar-refractivity contribution in [2.24, 2.45) is 0 Å². The van der Waals surface area contributed by atoms with Gasteiger partial charge in [0.05, 0.1) is 12.5 Å². The summed E-state index contributed by atoms with van der Waals surface area (Å²) in [5.74, 6) is 1.65. The summed E-state index contributed by atoms with van der Waals surface area (Å²) in [4.78, 5) is 11.9. The van der Waals surface area contributed by atoms with Gasteiger partial charge in [-0.2, -0.15) is 4.98 Å². The molecule has 0 unspecified atom stereocenters. The molecule has 0 aromatic carbocycles. The Kier molecular flexibility index (Phi) is 2.74. The highest BCUT2D eigenvalue weighted by Gasteiger charge is 2.23. The van der Waals surface area contributed by atoms with E-state index in [1.165, 1.54) is 0 Å². The third kappa shape index (κ3) is 1.98. The Morgan fingerprint density at radius 3 is 3.30 bits per heavy atom. The Labute approximate surface area is 115 Å². The molecule has 102 valence electrons. The highest BCUT2D eigenvalue weighted by atomic mass is 16.5. The van der Waals surface area contributed by atoms with Gasteiger partial charge < -0.3 is 14.2 Å². The molecule has 3 aromatic rings. The molecule has 1 fully saturated rings. The molecule has 4 heterocycles. The fourth-order valence-corrected chi connectivity index (χ4v) is 2.56. The molecule has 3 aromatic heterocycles. The molecule has 6 heteroatoms. The minimum atomic E-state index is 0.251. The minimum Gasteiger partial charge on any atom is -0.381 e. The summed E-state index contributed by atoms with van der Waals surface area (Å²) in [6, 6.07) is 3.97. The first kappa shape index (κ1) is 11.6. The lowest BCUT2D eigenvalue weighted by atomic mass is 10.1. The van der Waals surface area contributed by atoms with Gasteiger partial charge in [-0.05, 0) is 24.1 Å². The molecule has 0 bridgehead atoms. The molecule has 4 rings (SSSR count). The van der Waals surface area contributed by atoms with Crippen molar-refractivity contribution in [3.63, 3.8) is 0 Å². The van der Waals surface area contributed by atoms with Gasteiger partial charge in [0.25, 0.3) is 0 Å². The Hall–Kier alpha value is -2.21. The number of nitrogens with zero attached hydrogens (tertiary/aromatic N) is 3. The van der Waals surface area contributed by atoms with Crippen LogP contribution >= 0.6 is 0 Å². The van der Waals surface area contributed by atoms with Crippen molar-refractivity contribution in [1.82, 2.24) is 20.1 Å². The summed E-state index contributed by atoms with van der Waals surface area (Å²) in [5, 5.41) is 5.17. The molecule has 1 aliphatic rings. The highest BCUT2D eigenvalue weighted by molar-refractivity contribution is 5.79. The van der Waals surface area contributed by atoms with Gasteiger partial charge in [-0.1, -0.05) is 5.16 Å². The van der Waals surface area contributed by atoms with Crippen molar-refractivity contribution >= 4 is 11.0 Å². The van der Waals surface area contributed by atoms with Gasteiger partial charge in [0.1, 0.15) is 5.65 Å². The van der Waals surface area contributed by atoms with Crippen molar-refractivity contribution < 1.29 is 9.26 Å². The van der Waals surface area contributed by atoms with E-state index in [1.807, 2.05) is 18.3 Å². The molecular weight excluding hydrogens is 256 g/mol. The second-order valence-corrected chi connectivity index (χ2v) is 5.00. The normalized spacial score (nSPS) is 18.9. The van der Waals surface area contributed by atoms with E-state index < -0.39 is 0 Å². The van der Waals surface area contributed by atoms with Gasteiger partial charge in [0, 0.05) is 30.8 Å². The van der Waals surface area contributed by atoms with Crippen LogP contribution in [0.15, 0.2) is 29.0 Å². The fourth-order valence-electron chi connectivity index (χ4n) is 2.56. The van der Waals surface area contributed by atoms with Crippen LogP contribution in [0.2, 0.25) is 0 Å². The molecule has 0 aliphatic carbocycles. The van der Waals surface area contributed by atoms with Crippen molar-refractivity contribution in [2.75, 3.05) is 13.2 Å². The first-order chi connectivity index (χ1) is 9.90. The number of aromatic amines is 1. The van der Waals surface area contributed by atoms with E-state index in [1.54, 1.807) is 6.20 Å². The smallest absolute Gasteiger partial charge is 0.232 e. The number of pyridine rings is 1. The number of fused-ring (bicyclic) bond motifs is 1. The van der Waals surface area contributed by atoms with Crippen molar-refractivity contribution in [2.45, 2.75) is 18.8 Å². The van der Waals surface area contributed by atoms with E-state index in [4.69, 9.17) is 9.26 Å². The maximum atomic E-state index is 5.34. The van der Waals surface area contributed by atoms with Crippen LogP contribution in [0.4, 0.5) is 0 Å². The van der Waals surface area contributed by atoms with Gasteiger partial charge >= 0.3 is 0 Å². The zero-order valence-corrected chi connectivity index (χ0v) is 10.9. The van der Waals surface area contributed by atoms with E-state index in [9.17, 15) is 0 Å². The highest BCUT2D eigenvalue weighted by Crippen LogP contribution is 2.24. The van der Waals surface area contributed by atoms with Crippen LogP contribution in [-0.2, 0) is 11.2 Å². The lowest BCUT2D eigenvalue weighted by Gasteiger charge is -1.97. The summed E-state index contributed by atoms with van der Waals surface area (Å²) in [6.07, 6.45) is 5.32. The molecule has 1 aliphatic heterocycles. The second kappa shape index (κ2) is 4.72. The van der Waals surface area contributed by atoms with Gasteiger partial charge in [-0.15, -0.1) is 0 Å². The molecule has 20 heavy (non-hydrogen) atoms. The first-order valence-electron chi connectivity index (χ1n) is 6.71. The van der Waals surface area contributed by atoms with Crippen LogP contribution in [0.3, 0.4) is 0 Å². The predicted molar refractivity (Wildman–Crippen MR) is 71.4 cm³/mol. The first-order valence-corrected chi connectivity index (χ1v) is 6.71. The number of hydrogen-bond acceptors (Lipinski definition) is 5. The van der Waals surface area contributed by atoms with Crippen LogP contribution in [0, 0.1) is 0 Å². The number of H-pyrrole nitrogens is 1. The topological polar surface area (TPSA) is 76.8 Å². The summed E-state index contributed by atoms with van der Waals surface area (Å²) in [6.45, 7) is 1.45. The third-order valence-electron chi connectivity index (χ3n) is 3.65. The maximum Gasteiger partial charge on any atom is 0.232 e. The molecule has 1 atom stereocenters. The second-order valence-electron chi connectivity index (χ2n) is 5.00. The Morgan fingerprint density at radius 2 is 2.40 bits per heavy atom. The van der Waals surface area contributed by atoms with Crippen molar-refractivity contribution in [3.05, 3.63) is 41.8 Å². The Morgan fingerprint density at radius 1 is 1.40 bits per heavy atom. The summed E-state index contributed by atoms with van der Waals surface area (Å²) < 4.78 is 10.7. The zero-order valence-electron chi connectivity index (χ0n) is 10.9. The molecule has 0 amide bonds. The van der Waals surface area contributed by atoms with Gasteiger partial charge in [0.2, 0.25) is 5.89 Å². The molecular formula is C14H14N4O2.